The maximum Gasteiger partial charge on any atom is 0.0735 e. The van der Waals surface area contributed by atoms with E-state index in [1.54, 1.807) is 0 Å². The molecule has 1 aliphatic heterocycles. The number of fused-ring (bicyclic) bond motifs is 1. The Morgan fingerprint density at radius 2 is 2.31 bits per heavy atom. The van der Waals surface area contributed by atoms with E-state index in [9.17, 15) is 0 Å². The van der Waals surface area contributed by atoms with Crippen LogP contribution in [0.3, 0.4) is 0 Å². The van der Waals surface area contributed by atoms with Crippen LogP contribution in [0.15, 0.2) is 12.1 Å². The van der Waals surface area contributed by atoms with Gasteiger partial charge in [0.05, 0.1) is 19.3 Å². The molecule has 0 saturated carbocycles. The lowest BCUT2D eigenvalue weighted by molar-refractivity contribution is 0.0922. The number of rotatable bonds is 0. The van der Waals surface area contributed by atoms with Crippen LogP contribution in [-0.2, 0) is 11.3 Å². The van der Waals surface area contributed by atoms with Crippen molar-refractivity contribution in [2.75, 3.05) is 6.61 Å². The Morgan fingerprint density at radius 3 is 3.00 bits per heavy atom. The highest BCUT2D eigenvalue weighted by atomic mass is 35.5. The predicted octanol–water partition coefficient (Wildman–Crippen LogP) is 2.18. The van der Waals surface area contributed by atoms with E-state index < -0.39 is 0 Å². The zero-order chi connectivity index (χ0) is 9.42. The summed E-state index contributed by atoms with van der Waals surface area (Å²) in [4.78, 5) is 0. The smallest absolute Gasteiger partial charge is 0.0735 e. The van der Waals surface area contributed by atoms with Gasteiger partial charge in [0.25, 0.3) is 0 Å². The molecule has 1 heterocycles. The van der Waals surface area contributed by atoms with E-state index in [1.165, 1.54) is 11.1 Å². The molecule has 2 rings (SSSR count). The second-order valence-corrected chi connectivity index (χ2v) is 3.79. The molecule has 2 N–H and O–H groups in total. The van der Waals surface area contributed by atoms with E-state index in [4.69, 9.17) is 22.1 Å². The summed E-state index contributed by atoms with van der Waals surface area (Å²) in [6.07, 6.45) is 0. The van der Waals surface area contributed by atoms with Crippen LogP contribution in [0.5, 0.6) is 0 Å². The molecule has 2 nitrogen and oxygen atoms in total. The van der Waals surface area contributed by atoms with Crippen molar-refractivity contribution in [1.82, 2.24) is 0 Å². The summed E-state index contributed by atoms with van der Waals surface area (Å²) in [7, 11) is 0. The SMILES string of the molecule is Cc1ccc(Cl)c2c1[C@@H](N)COC2. The predicted molar refractivity (Wildman–Crippen MR) is 52.8 cm³/mol. The molecule has 0 unspecified atom stereocenters. The molecule has 3 heteroatoms. The fraction of sp³-hybridized carbons (Fsp3) is 0.400. The van der Waals surface area contributed by atoms with Gasteiger partial charge in [0.15, 0.2) is 0 Å². The lowest BCUT2D eigenvalue weighted by Crippen LogP contribution is -2.24. The van der Waals surface area contributed by atoms with Crippen LogP contribution in [-0.4, -0.2) is 6.61 Å². The molecule has 1 aromatic rings. The number of benzene rings is 1. The highest BCUT2D eigenvalue weighted by Gasteiger charge is 2.21. The minimum Gasteiger partial charge on any atom is -0.375 e. The van der Waals surface area contributed by atoms with Gasteiger partial charge in [0.1, 0.15) is 0 Å². The minimum atomic E-state index is -0.0255. The monoisotopic (exact) mass is 197 g/mol. The van der Waals surface area contributed by atoms with Gasteiger partial charge < -0.3 is 10.5 Å². The van der Waals surface area contributed by atoms with Gasteiger partial charge in [0, 0.05) is 10.6 Å². The first-order valence-corrected chi connectivity index (χ1v) is 4.69. The standard InChI is InChI=1S/C10H12ClNO/c1-6-2-3-8(11)7-4-13-5-9(12)10(6)7/h2-3,9H,4-5,12H2,1H3/t9-/m0/s1. The molecule has 1 aromatic carbocycles. The number of hydrogen-bond acceptors (Lipinski definition) is 2. The molecule has 0 bridgehead atoms. The fourth-order valence-electron chi connectivity index (χ4n) is 1.79. The number of hydrogen-bond donors (Lipinski definition) is 1. The van der Waals surface area contributed by atoms with Crippen LogP contribution < -0.4 is 5.73 Å². The van der Waals surface area contributed by atoms with Crippen LogP contribution in [0, 0.1) is 6.92 Å². The number of halogens is 1. The first-order valence-electron chi connectivity index (χ1n) is 4.31. The third kappa shape index (κ3) is 1.46. The lowest BCUT2D eigenvalue weighted by atomic mass is 9.95. The lowest BCUT2D eigenvalue weighted by Gasteiger charge is -2.25. The molecule has 0 saturated heterocycles. The van der Waals surface area contributed by atoms with Gasteiger partial charge in [-0.3, -0.25) is 0 Å². The van der Waals surface area contributed by atoms with Crippen LogP contribution in [0.25, 0.3) is 0 Å². The molecular formula is C10H12ClNO. The van der Waals surface area contributed by atoms with Gasteiger partial charge >= 0.3 is 0 Å². The topological polar surface area (TPSA) is 35.2 Å². The van der Waals surface area contributed by atoms with Crippen molar-refractivity contribution in [2.45, 2.75) is 19.6 Å². The Bertz CT molecular complexity index is 338. The number of nitrogens with two attached hydrogens (primary N) is 1. The Kier molecular flexibility index (Phi) is 2.28. The van der Waals surface area contributed by atoms with Gasteiger partial charge in [0.2, 0.25) is 0 Å². The summed E-state index contributed by atoms with van der Waals surface area (Å²) in [6, 6.07) is 3.88. The number of aryl methyl sites for hydroxylation is 1. The van der Waals surface area contributed by atoms with Gasteiger partial charge in [-0.05, 0) is 24.1 Å². The zero-order valence-electron chi connectivity index (χ0n) is 7.51. The summed E-state index contributed by atoms with van der Waals surface area (Å²) in [5.74, 6) is 0. The molecule has 0 amide bonds. The fourth-order valence-corrected chi connectivity index (χ4v) is 2.01. The molecular weight excluding hydrogens is 186 g/mol. The van der Waals surface area contributed by atoms with Crippen molar-refractivity contribution >= 4 is 11.6 Å². The quantitative estimate of drug-likeness (QED) is 0.692. The van der Waals surface area contributed by atoms with Crippen LogP contribution in [0.2, 0.25) is 5.02 Å². The minimum absolute atomic E-state index is 0.0255. The van der Waals surface area contributed by atoms with E-state index in [0.29, 0.717) is 13.2 Å². The average molecular weight is 198 g/mol. The summed E-state index contributed by atoms with van der Waals surface area (Å²) in [6.45, 7) is 3.23. The highest BCUT2D eigenvalue weighted by Crippen LogP contribution is 2.31. The second-order valence-electron chi connectivity index (χ2n) is 3.38. The maximum absolute atomic E-state index is 6.04. The van der Waals surface area contributed by atoms with Crippen molar-refractivity contribution in [3.8, 4) is 0 Å². The summed E-state index contributed by atoms with van der Waals surface area (Å²) < 4.78 is 5.33. The van der Waals surface area contributed by atoms with Crippen LogP contribution >= 0.6 is 11.6 Å². The van der Waals surface area contributed by atoms with Crippen molar-refractivity contribution in [3.05, 3.63) is 33.8 Å². The summed E-state index contributed by atoms with van der Waals surface area (Å²) >= 11 is 6.04. The maximum atomic E-state index is 6.04. The third-order valence-electron chi connectivity index (χ3n) is 2.43. The molecule has 0 radical (unpaired) electrons. The Hall–Kier alpha value is -0.570. The van der Waals surface area contributed by atoms with Gasteiger partial charge in [-0.1, -0.05) is 17.7 Å². The van der Waals surface area contributed by atoms with Gasteiger partial charge in [-0.15, -0.1) is 0 Å². The van der Waals surface area contributed by atoms with E-state index >= 15 is 0 Å². The van der Waals surface area contributed by atoms with Gasteiger partial charge in [-0.25, -0.2) is 0 Å². The molecule has 13 heavy (non-hydrogen) atoms. The molecule has 0 aromatic heterocycles. The molecule has 1 aliphatic rings. The number of ether oxygens (including phenoxy) is 1. The first kappa shape index (κ1) is 9.00. The molecule has 0 fully saturated rings. The normalized spacial score (nSPS) is 21.3. The van der Waals surface area contributed by atoms with Crippen molar-refractivity contribution in [2.24, 2.45) is 5.73 Å². The Balaban J connectivity index is 2.60. The first-order chi connectivity index (χ1) is 6.20. The highest BCUT2D eigenvalue weighted by molar-refractivity contribution is 6.31. The van der Waals surface area contributed by atoms with Crippen LogP contribution in [0.1, 0.15) is 22.7 Å². The van der Waals surface area contributed by atoms with E-state index in [0.717, 1.165) is 10.6 Å². The summed E-state index contributed by atoms with van der Waals surface area (Å²) in [5.41, 5.74) is 9.36. The van der Waals surface area contributed by atoms with Crippen LogP contribution in [0.4, 0.5) is 0 Å². The molecule has 70 valence electrons. The Morgan fingerprint density at radius 1 is 1.54 bits per heavy atom. The molecule has 0 spiro atoms. The third-order valence-corrected chi connectivity index (χ3v) is 2.79. The largest absolute Gasteiger partial charge is 0.375 e. The van der Waals surface area contributed by atoms with Crippen molar-refractivity contribution < 1.29 is 4.74 Å². The van der Waals surface area contributed by atoms with E-state index in [1.807, 2.05) is 12.1 Å². The van der Waals surface area contributed by atoms with E-state index in [-0.39, 0.29) is 6.04 Å². The second kappa shape index (κ2) is 3.29. The van der Waals surface area contributed by atoms with Gasteiger partial charge in [-0.2, -0.15) is 0 Å². The molecule has 1 atom stereocenters. The van der Waals surface area contributed by atoms with E-state index in [2.05, 4.69) is 6.92 Å². The zero-order valence-corrected chi connectivity index (χ0v) is 8.27. The Labute approximate surface area is 82.6 Å². The summed E-state index contributed by atoms with van der Waals surface area (Å²) in [5, 5.41) is 0.760. The van der Waals surface area contributed by atoms with Crippen molar-refractivity contribution in [3.63, 3.8) is 0 Å². The average Bonchev–Trinajstić information content (AvgIpc) is 2.12. The van der Waals surface area contributed by atoms with Crippen molar-refractivity contribution in [1.29, 1.82) is 0 Å². The molecule has 0 aliphatic carbocycles.